The molecular weight excluding hydrogens is 268 g/mol. The second-order valence-corrected chi connectivity index (χ2v) is 5.10. The summed E-state index contributed by atoms with van der Waals surface area (Å²) < 4.78 is 2.76. The number of rotatable bonds is 3. The summed E-state index contributed by atoms with van der Waals surface area (Å²) in [5.74, 6) is -0.0583. The normalized spacial score (nSPS) is 11.2. The number of H-pyrrole nitrogens is 1. The van der Waals surface area contributed by atoms with E-state index >= 15 is 0 Å². The van der Waals surface area contributed by atoms with Crippen molar-refractivity contribution in [2.75, 3.05) is 0 Å². The van der Waals surface area contributed by atoms with Crippen molar-refractivity contribution < 1.29 is 0 Å². The van der Waals surface area contributed by atoms with Crippen LogP contribution in [0.5, 0.6) is 0 Å². The summed E-state index contributed by atoms with van der Waals surface area (Å²) >= 11 is 5.92. The third-order valence-electron chi connectivity index (χ3n) is 2.85. The first kappa shape index (κ1) is 13.6. The van der Waals surface area contributed by atoms with Gasteiger partial charge in [-0.05, 0) is 5.92 Å². The van der Waals surface area contributed by atoms with Crippen molar-refractivity contribution in [3.8, 4) is 0 Å². The molecule has 0 aliphatic carbocycles. The summed E-state index contributed by atoms with van der Waals surface area (Å²) in [5, 5.41) is 4.13. The van der Waals surface area contributed by atoms with E-state index in [0.29, 0.717) is 5.56 Å². The van der Waals surface area contributed by atoms with Gasteiger partial charge in [0.25, 0.3) is 5.56 Å². The number of nitrogens with zero attached hydrogens (tertiary/aromatic N) is 3. The Bertz CT molecular complexity index is 711. The molecule has 7 heteroatoms. The molecule has 102 valence electrons. The molecule has 0 spiro atoms. The van der Waals surface area contributed by atoms with Crippen molar-refractivity contribution in [3.63, 3.8) is 0 Å². The first-order valence-corrected chi connectivity index (χ1v) is 6.28. The zero-order valence-corrected chi connectivity index (χ0v) is 11.7. The van der Waals surface area contributed by atoms with Crippen LogP contribution < -0.4 is 11.2 Å². The molecule has 2 heterocycles. The number of hydrogen-bond donors (Lipinski definition) is 1. The predicted molar refractivity (Wildman–Crippen MR) is 72.7 cm³/mol. The molecule has 0 fully saturated rings. The average molecular weight is 283 g/mol. The highest BCUT2D eigenvalue weighted by atomic mass is 35.5. The predicted octanol–water partition coefficient (Wildman–Crippen LogP) is 1.10. The number of halogens is 1. The molecule has 2 aromatic heterocycles. The summed E-state index contributed by atoms with van der Waals surface area (Å²) in [6.45, 7) is 3.89. The van der Waals surface area contributed by atoms with Crippen molar-refractivity contribution in [1.82, 2.24) is 19.3 Å². The molecule has 0 aliphatic rings. The number of hydrogen-bond acceptors (Lipinski definition) is 3. The molecule has 0 amide bonds. The Labute approximate surface area is 114 Å². The van der Waals surface area contributed by atoms with E-state index in [-0.39, 0.29) is 23.2 Å². The zero-order chi connectivity index (χ0) is 14.2. The van der Waals surface area contributed by atoms with E-state index in [1.165, 1.54) is 0 Å². The van der Waals surface area contributed by atoms with Crippen molar-refractivity contribution in [2.24, 2.45) is 7.05 Å². The lowest BCUT2D eigenvalue weighted by molar-refractivity contribution is 0.669. The van der Waals surface area contributed by atoms with Gasteiger partial charge in [0, 0.05) is 18.8 Å². The van der Waals surface area contributed by atoms with Gasteiger partial charge in [-0.3, -0.25) is 19.0 Å². The molecule has 0 aromatic carbocycles. The summed E-state index contributed by atoms with van der Waals surface area (Å²) in [6.07, 6.45) is 3.38. The van der Waals surface area contributed by atoms with Crippen LogP contribution in [0, 0.1) is 0 Å². The van der Waals surface area contributed by atoms with Gasteiger partial charge in [-0.15, -0.1) is 0 Å². The van der Waals surface area contributed by atoms with Crippen LogP contribution in [-0.4, -0.2) is 19.3 Å². The Kier molecular flexibility index (Phi) is 3.61. The van der Waals surface area contributed by atoms with Crippen LogP contribution in [0.4, 0.5) is 0 Å². The smallest absolute Gasteiger partial charge is 0.297 e. The maximum Gasteiger partial charge on any atom is 0.329 e. The fourth-order valence-corrected chi connectivity index (χ4v) is 2.32. The van der Waals surface area contributed by atoms with Gasteiger partial charge in [0.2, 0.25) is 0 Å². The standard InChI is InChI=1S/C12H15ClN4O2/c1-7(2)9-10(13)15-12(19)17(11(9)18)6-8-4-14-16(3)5-8/h4-5,7H,6H2,1-3H3,(H,15,19). The van der Waals surface area contributed by atoms with Gasteiger partial charge >= 0.3 is 5.69 Å². The molecule has 2 rings (SSSR count). The molecule has 0 bridgehead atoms. The monoisotopic (exact) mass is 282 g/mol. The fourth-order valence-electron chi connectivity index (χ4n) is 1.94. The quantitative estimate of drug-likeness (QED) is 0.857. The minimum absolute atomic E-state index is 0.0583. The molecule has 0 saturated carbocycles. The molecule has 0 unspecified atom stereocenters. The minimum Gasteiger partial charge on any atom is -0.297 e. The van der Waals surface area contributed by atoms with Gasteiger partial charge in [0.05, 0.1) is 18.3 Å². The Morgan fingerprint density at radius 3 is 2.63 bits per heavy atom. The lowest BCUT2D eigenvalue weighted by Gasteiger charge is -2.10. The van der Waals surface area contributed by atoms with E-state index in [2.05, 4.69) is 10.1 Å². The van der Waals surface area contributed by atoms with Crippen molar-refractivity contribution >= 4 is 11.6 Å². The van der Waals surface area contributed by atoms with Gasteiger partial charge in [-0.2, -0.15) is 5.10 Å². The van der Waals surface area contributed by atoms with Crippen LogP contribution in [0.25, 0.3) is 0 Å². The Balaban J connectivity index is 2.55. The molecule has 0 atom stereocenters. The van der Waals surface area contributed by atoms with E-state index in [1.54, 1.807) is 24.1 Å². The Morgan fingerprint density at radius 2 is 2.11 bits per heavy atom. The average Bonchev–Trinajstić information content (AvgIpc) is 2.69. The molecule has 0 radical (unpaired) electrons. The van der Waals surface area contributed by atoms with Crippen molar-refractivity contribution in [2.45, 2.75) is 26.3 Å². The van der Waals surface area contributed by atoms with Crippen LogP contribution in [0.15, 0.2) is 22.0 Å². The number of aromatic nitrogens is 4. The number of aryl methyl sites for hydroxylation is 1. The summed E-state index contributed by atoms with van der Waals surface area (Å²) in [4.78, 5) is 26.6. The molecule has 2 aromatic rings. The van der Waals surface area contributed by atoms with E-state index < -0.39 is 5.69 Å². The largest absolute Gasteiger partial charge is 0.329 e. The molecule has 1 N–H and O–H groups in total. The van der Waals surface area contributed by atoms with Crippen LogP contribution in [-0.2, 0) is 13.6 Å². The Hall–Kier alpha value is -1.82. The molecule has 0 saturated heterocycles. The highest BCUT2D eigenvalue weighted by Crippen LogP contribution is 2.16. The van der Waals surface area contributed by atoms with Crippen LogP contribution in [0.1, 0.15) is 30.9 Å². The molecule has 19 heavy (non-hydrogen) atoms. The highest BCUT2D eigenvalue weighted by Gasteiger charge is 2.16. The summed E-state index contributed by atoms with van der Waals surface area (Å²) in [7, 11) is 1.78. The highest BCUT2D eigenvalue weighted by molar-refractivity contribution is 6.30. The molecular formula is C12H15ClN4O2. The van der Waals surface area contributed by atoms with Crippen LogP contribution >= 0.6 is 11.6 Å². The SMILES string of the molecule is CC(C)c1c(Cl)[nH]c(=O)n(Cc2cnn(C)c2)c1=O. The molecule has 0 aliphatic heterocycles. The topological polar surface area (TPSA) is 72.7 Å². The van der Waals surface area contributed by atoms with Crippen LogP contribution in [0.3, 0.4) is 0 Å². The first-order chi connectivity index (χ1) is 8.90. The van der Waals surface area contributed by atoms with Gasteiger partial charge in [-0.25, -0.2) is 4.79 Å². The van der Waals surface area contributed by atoms with E-state index in [0.717, 1.165) is 10.1 Å². The van der Waals surface area contributed by atoms with E-state index in [9.17, 15) is 9.59 Å². The summed E-state index contributed by atoms with van der Waals surface area (Å²) in [6, 6.07) is 0. The minimum atomic E-state index is -0.511. The van der Waals surface area contributed by atoms with E-state index in [1.807, 2.05) is 13.8 Å². The maximum absolute atomic E-state index is 12.3. The third kappa shape index (κ3) is 2.63. The number of nitrogens with one attached hydrogen (secondary N) is 1. The van der Waals surface area contributed by atoms with Crippen molar-refractivity contribution in [1.29, 1.82) is 0 Å². The second kappa shape index (κ2) is 5.05. The molecule has 6 nitrogen and oxygen atoms in total. The van der Waals surface area contributed by atoms with Gasteiger partial charge in [-0.1, -0.05) is 25.4 Å². The van der Waals surface area contributed by atoms with Gasteiger partial charge < -0.3 is 0 Å². The van der Waals surface area contributed by atoms with E-state index in [4.69, 9.17) is 11.6 Å². The number of aromatic amines is 1. The van der Waals surface area contributed by atoms with Crippen molar-refractivity contribution in [3.05, 3.63) is 49.5 Å². The van der Waals surface area contributed by atoms with Gasteiger partial charge in [0.15, 0.2) is 0 Å². The lowest BCUT2D eigenvalue weighted by atomic mass is 10.1. The third-order valence-corrected chi connectivity index (χ3v) is 3.15. The summed E-state index contributed by atoms with van der Waals surface area (Å²) in [5.41, 5.74) is 0.341. The first-order valence-electron chi connectivity index (χ1n) is 5.90. The maximum atomic E-state index is 12.3. The van der Waals surface area contributed by atoms with Gasteiger partial charge in [0.1, 0.15) is 5.15 Å². The Morgan fingerprint density at radius 1 is 1.42 bits per heavy atom. The second-order valence-electron chi connectivity index (χ2n) is 4.73. The fraction of sp³-hybridized carbons (Fsp3) is 0.417. The van der Waals surface area contributed by atoms with Crippen LogP contribution in [0.2, 0.25) is 5.15 Å². The zero-order valence-electron chi connectivity index (χ0n) is 11.0. The lowest BCUT2D eigenvalue weighted by Crippen LogP contribution is -2.38.